The number of benzene rings is 1. The van der Waals surface area contributed by atoms with E-state index in [4.69, 9.17) is 21.3 Å². The molecule has 0 fully saturated rings. The Hall–Kier alpha value is -3.10. The fourth-order valence-corrected chi connectivity index (χ4v) is 4.25. The molecule has 0 N–H and O–H groups in total. The van der Waals surface area contributed by atoms with Gasteiger partial charge in [-0.05, 0) is 39.0 Å². The summed E-state index contributed by atoms with van der Waals surface area (Å²) in [4.78, 5) is 31.4. The average molecular weight is 496 g/mol. The van der Waals surface area contributed by atoms with Crippen molar-refractivity contribution in [2.45, 2.75) is 53.6 Å². The summed E-state index contributed by atoms with van der Waals surface area (Å²) >= 11 is 8.09. The van der Waals surface area contributed by atoms with E-state index in [1.165, 1.54) is 4.57 Å². The van der Waals surface area contributed by atoms with Crippen LogP contribution >= 0.6 is 22.9 Å². The highest BCUT2D eigenvalue weighted by Gasteiger charge is 2.20. The SMILES string of the molecule is Cc1nc(COc2nc(C)n(-c3cc(-c4ccnc(C(C)(C)C)n4)ccc3Cl)c(=O)c2C)cs1. The lowest BCUT2D eigenvalue weighted by Crippen LogP contribution is -2.25. The molecule has 0 saturated carbocycles. The van der Waals surface area contributed by atoms with Crippen molar-refractivity contribution in [3.8, 4) is 22.8 Å². The Morgan fingerprint density at radius 2 is 1.85 bits per heavy atom. The van der Waals surface area contributed by atoms with Crippen LogP contribution in [0.2, 0.25) is 5.02 Å². The van der Waals surface area contributed by atoms with E-state index >= 15 is 0 Å². The largest absolute Gasteiger partial charge is 0.471 e. The topological polar surface area (TPSA) is 82.8 Å². The number of hydrogen-bond acceptors (Lipinski definition) is 7. The molecule has 0 amide bonds. The van der Waals surface area contributed by atoms with Gasteiger partial charge in [0.2, 0.25) is 5.88 Å². The van der Waals surface area contributed by atoms with Gasteiger partial charge in [-0.2, -0.15) is 4.98 Å². The molecule has 4 aromatic rings. The Balaban J connectivity index is 1.73. The first-order valence-electron chi connectivity index (χ1n) is 10.8. The molecule has 0 unspecified atom stereocenters. The van der Waals surface area contributed by atoms with Crippen molar-refractivity contribution in [3.05, 3.63) is 79.1 Å². The minimum Gasteiger partial charge on any atom is -0.471 e. The third-order valence-corrected chi connectivity index (χ3v) is 6.41. The summed E-state index contributed by atoms with van der Waals surface area (Å²) in [6, 6.07) is 7.35. The quantitative estimate of drug-likeness (QED) is 0.358. The van der Waals surface area contributed by atoms with E-state index in [1.54, 1.807) is 37.4 Å². The number of halogens is 1. The van der Waals surface area contributed by atoms with E-state index < -0.39 is 0 Å². The van der Waals surface area contributed by atoms with Crippen LogP contribution in [0.25, 0.3) is 16.9 Å². The van der Waals surface area contributed by atoms with Crippen LogP contribution in [0.5, 0.6) is 5.88 Å². The first kappa shape index (κ1) is 24.0. The van der Waals surface area contributed by atoms with Gasteiger partial charge in [0.25, 0.3) is 5.56 Å². The fraction of sp³-hybridized carbons (Fsp3) is 0.320. The van der Waals surface area contributed by atoms with Gasteiger partial charge < -0.3 is 4.74 Å². The van der Waals surface area contributed by atoms with Crippen LogP contribution in [-0.4, -0.2) is 24.5 Å². The second-order valence-corrected chi connectivity index (χ2v) is 10.5. The molecule has 3 aromatic heterocycles. The van der Waals surface area contributed by atoms with Crippen molar-refractivity contribution < 1.29 is 4.74 Å². The zero-order valence-electron chi connectivity index (χ0n) is 20.0. The molecule has 1 aromatic carbocycles. The molecule has 0 radical (unpaired) electrons. The van der Waals surface area contributed by atoms with E-state index in [9.17, 15) is 4.79 Å². The van der Waals surface area contributed by atoms with Gasteiger partial charge in [0.05, 0.1) is 32.7 Å². The highest BCUT2D eigenvalue weighted by Crippen LogP contribution is 2.29. The summed E-state index contributed by atoms with van der Waals surface area (Å²) in [5, 5.41) is 3.33. The maximum Gasteiger partial charge on any atom is 0.264 e. The van der Waals surface area contributed by atoms with Crippen LogP contribution in [0.4, 0.5) is 0 Å². The van der Waals surface area contributed by atoms with E-state index in [1.807, 2.05) is 30.5 Å². The molecule has 9 heteroatoms. The van der Waals surface area contributed by atoms with Crippen LogP contribution in [-0.2, 0) is 12.0 Å². The molecule has 4 rings (SSSR count). The molecule has 0 saturated heterocycles. The van der Waals surface area contributed by atoms with Crippen LogP contribution in [0.1, 0.15) is 48.7 Å². The van der Waals surface area contributed by atoms with Crippen molar-refractivity contribution >= 4 is 22.9 Å². The lowest BCUT2D eigenvalue weighted by atomic mass is 9.95. The van der Waals surface area contributed by atoms with Gasteiger partial charge in [0.1, 0.15) is 18.3 Å². The normalized spacial score (nSPS) is 11.6. The zero-order valence-corrected chi connectivity index (χ0v) is 21.6. The summed E-state index contributed by atoms with van der Waals surface area (Å²) < 4.78 is 7.33. The molecule has 0 aliphatic carbocycles. The van der Waals surface area contributed by atoms with Crippen LogP contribution in [0.15, 0.2) is 40.6 Å². The number of aromatic nitrogens is 5. The summed E-state index contributed by atoms with van der Waals surface area (Å²) in [6.45, 7) is 11.8. The second kappa shape index (κ2) is 9.27. The molecule has 34 heavy (non-hydrogen) atoms. The van der Waals surface area contributed by atoms with E-state index in [2.05, 4.69) is 35.7 Å². The van der Waals surface area contributed by atoms with Gasteiger partial charge in [-0.1, -0.05) is 38.4 Å². The van der Waals surface area contributed by atoms with Gasteiger partial charge in [0, 0.05) is 22.6 Å². The molecule has 0 atom stereocenters. The number of ether oxygens (including phenoxy) is 1. The van der Waals surface area contributed by atoms with E-state index in [-0.39, 0.29) is 17.6 Å². The van der Waals surface area contributed by atoms with Gasteiger partial charge >= 0.3 is 0 Å². The molecule has 176 valence electrons. The minimum absolute atomic E-state index is 0.188. The van der Waals surface area contributed by atoms with Crippen LogP contribution in [0.3, 0.4) is 0 Å². The van der Waals surface area contributed by atoms with E-state index in [0.29, 0.717) is 28.0 Å². The summed E-state index contributed by atoms with van der Waals surface area (Å²) in [5.41, 5.74) is 2.90. The number of thiazole rings is 1. The maximum absolute atomic E-state index is 13.4. The minimum atomic E-state index is -0.242. The predicted octanol–water partition coefficient (Wildman–Crippen LogP) is 5.60. The number of aryl methyl sites for hydroxylation is 2. The molecule has 0 aliphatic rings. The molecule has 7 nitrogen and oxygen atoms in total. The van der Waals surface area contributed by atoms with Gasteiger partial charge in [-0.15, -0.1) is 11.3 Å². The lowest BCUT2D eigenvalue weighted by Gasteiger charge is -2.18. The Kier molecular flexibility index (Phi) is 6.55. The lowest BCUT2D eigenvalue weighted by molar-refractivity contribution is 0.285. The molecular formula is C25H26ClN5O2S. The molecule has 0 aliphatic heterocycles. The third-order valence-electron chi connectivity index (χ3n) is 5.26. The summed E-state index contributed by atoms with van der Waals surface area (Å²) in [7, 11) is 0. The number of rotatable bonds is 5. The molecule has 0 bridgehead atoms. The maximum atomic E-state index is 13.4. The predicted molar refractivity (Wildman–Crippen MR) is 135 cm³/mol. The number of hydrogen-bond donors (Lipinski definition) is 0. The van der Waals surface area contributed by atoms with Crippen LogP contribution in [0, 0.1) is 20.8 Å². The molecule has 3 heterocycles. The summed E-state index contributed by atoms with van der Waals surface area (Å²) in [5.74, 6) is 1.50. The Morgan fingerprint density at radius 1 is 1.09 bits per heavy atom. The van der Waals surface area contributed by atoms with Crippen molar-refractivity contribution in [1.82, 2.24) is 24.5 Å². The average Bonchev–Trinajstić information content (AvgIpc) is 3.21. The van der Waals surface area contributed by atoms with Crippen molar-refractivity contribution in [1.29, 1.82) is 0 Å². The summed E-state index contributed by atoms with van der Waals surface area (Å²) in [6.07, 6.45) is 1.75. The molecule has 0 spiro atoms. The first-order chi connectivity index (χ1) is 16.0. The highest BCUT2D eigenvalue weighted by atomic mass is 35.5. The Bertz CT molecular complexity index is 1420. The Morgan fingerprint density at radius 3 is 2.53 bits per heavy atom. The molecular weight excluding hydrogens is 470 g/mol. The van der Waals surface area contributed by atoms with Crippen molar-refractivity contribution in [2.24, 2.45) is 0 Å². The monoisotopic (exact) mass is 495 g/mol. The van der Waals surface area contributed by atoms with Crippen LogP contribution < -0.4 is 10.3 Å². The van der Waals surface area contributed by atoms with E-state index in [0.717, 1.165) is 27.8 Å². The van der Waals surface area contributed by atoms with Gasteiger partial charge in [0.15, 0.2) is 0 Å². The number of nitrogens with zero attached hydrogens (tertiary/aromatic N) is 5. The first-order valence-corrected chi connectivity index (χ1v) is 12.1. The highest BCUT2D eigenvalue weighted by molar-refractivity contribution is 7.09. The van der Waals surface area contributed by atoms with Crippen molar-refractivity contribution in [2.75, 3.05) is 0 Å². The zero-order chi connectivity index (χ0) is 24.6. The smallest absolute Gasteiger partial charge is 0.264 e. The Labute approximate surface area is 207 Å². The standard InChI is InChI=1S/C25H26ClN5O2S/c1-14-22(33-12-18-13-34-16(3)29-18)28-15(2)31(23(14)32)21-11-17(7-8-19(21)26)20-9-10-27-24(30-20)25(4,5)6/h7-11,13H,12H2,1-6H3. The fourth-order valence-electron chi connectivity index (χ4n) is 3.45. The third kappa shape index (κ3) is 4.88. The second-order valence-electron chi connectivity index (χ2n) is 9.06. The van der Waals surface area contributed by atoms with Crippen molar-refractivity contribution in [3.63, 3.8) is 0 Å². The van der Waals surface area contributed by atoms with Gasteiger partial charge in [-0.25, -0.2) is 15.0 Å². The van der Waals surface area contributed by atoms with Gasteiger partial charge in [-0.3, -0.25) is 9.36 Å².